The van der Waals surface area contributed by atoms with Gasteiger partial charge in [0.2, 0.25) is 0 Å². The Morgan fingerprint density at radius 3 is 2.62 bits per heavy atom. The minimum atomic E-state index is -1.18. The summed E-state index contributed by atoms with van der Waals surface area (Å²) in [7, 11) is 1.18. The van der Waals surface area contributed by atoms with Gasteiger partial charge in [0.05, 0.1) is 7.11 Å². The summed E-state index contributed by atoms with van der Waals surface area (Å²) in [6.07, 6.45) is 0.511. The second kappa shape index (κ2) is 6.01. The van der Waals surface area contributed by atoms with Gasteiger partial charge in [-0.3, -0.25) is 9.63 Å². The number of amides is 1. The molecule has 74 valence electrons. The van der Waals surface area contributed by atoms with Gasteiger partial charge in [0.25, 0.3) is 0 Å². The summed E-state index contributed by atoms with van der Waals surface area (Å²) in [5, 5.41) is 8.93. The Bertz CT molecular complexity index is 203. The molecule has 0 aliphatic rings. The van der Waals surface area contributed by atoms with Crippen molar-refractivity contribution in [2.45, 2.75) is 0 Å². The molecule has 0 saturated heterocycles. The summed E-state index contributed by atoms with van der Waals surface area (Å²) < 4.78 is 4.53. The van der Waals surface area contributed by atoms with Crippen LogP contribution in [0.4, 0.5) is 4.79 Å². The number of nitrogens with zero attached hydrogens (tertiary/aromatic N) is 1. The molecular weight excluding hydrogens is 178 g/mol. The Kier molecular flexibility index (Phi) is 5.29. The zero-order valence-corrected chi connectivity index (χ0v) is 7.23. The Morgan fingerprint density at radius 1 is 1.62 bits per heavy atom. The Morgan fingerprint density at radius 2 is 2.23 bits per heavy atom. The van der Waals surface area contributed by atoms with E-state index in [0.29, 0.717) is 5.06 Å². The average molecular weight is 189 g/mol. The van der Waals surface area contributed by atoms with E-state index in [2.05, 4.69) is 16.2 Å². The van der Waals surface area contributed by atoms with Gasteiger partial charge in [0, 0.05) is 0 Å². The fourth-order valence-corrected chi connectivity index (χ4v) is 0.529. The molecule has 13 heavy (non-hydrogen) atoms. The van der Waals surface area contributed by atoms with Crippen LogP contribution in [0.1, 0.15) is 0 Å². The molecule has 0 atom stereocenters. The molecule has 0 radical (unpaired) electrons. The molecule has 6 nitrogen and oxygen atoms in total. The van der Waals surface area contributed by atoms with E-state index in [1.165, 1.54) is 13.2 Å². The summed E-state index contributed by atoms with van der Waals surface area (Å²) in [5.74, 6) is -1.18. The van der Waals surface area contributed by atoms with Gasteiger partial charge in [-0.05, 0) is 0 Å². The standard InChI is InChI=1S/C7H11NO5/c1-3-4-13-7(11)8(12-2)5-6(9)10/h3H,1,4-5H2,2H3,(H,9,10). The molecule has 0 rings (SSSR count). The van der Waals surface area contributed by atoms with Gasteiger partial charge in [-0.25, -0.2) is 4.79 Å². The molecule has 0 saturated carbocycles. The van der Waals surface area contributed by atoms with Crippen molar-refractivity contribution in [1.82, 2.24) is 5.06 Å². The SMILES string of the molecule is C=CCOC(=O)N(CC(=O)O)OC. The van der Waals surface area contributed by atoms with Crippen LogP contribution in [0.5, 0.6) is 0 Å². The molecule has 0 fully saturated rings. The highest BCUT2D eigenvalue weighted by Gasteiger charge is 2.17. The second-order valence-electron chi connectivity index (χ2n) is 1.98. The monoisotopic (exact) mass is 189 g/mol. The third-order valence-corrected chi connectivity index (χ3v) is 1.03. The number of hydroxylamine groups is 2. The smallest absolute Gasteiger partial charge is 0.434 e. The van der Waals surface area contributed by atoms with Gasteiger partial charge < -0.3 is 9.84 Å². The molecule has 0 bridgehead atoms. The molecular formula is C7H11NO5. The fraction of sp³-hybridized carbons (Fsp3) is 0.429. The topological polar surface area (TPSA) is 76.1 Å². The number of ether oxygens (including phenoxy) is 1. The van der Waals surface area contributed by atoms with Gasteiger partial charge in [0.15, 0.2) is 0 Å². The fourth-order valence-electron chi connectivity index (χ4n) is 0.529. The molecule has 0 heterocycles. The van der Waals surface area contributed by atoms with E-state index in [1.54, 1.807) is 0 Å². The first-order chi connectivity index (χ1) is 6.11. The molecule has 0 aliphatic carbocycles. The number of carbonyl (C=O) groups is 2. The summed E-state index contributed by atoms with van der Waals surface area (Å²) in [5.41, 5.74) is 0. The maximum Gasteiger partial charge on any atom is 0.434 e. The lowest BCUT2D eigenvalue weighted by molar-refractivity contribution is -0.154. The van der Waals surface area contributed by atoms with Crippen LogP contribution in [0.25, 0.3) is 0 Å². The number of aliphatic carboxylic acids is 1. The van der Waals surface area contributed by atoms with E-state index in [1.807, 2.05) is 0 Å². The quantitative estimate of drug-likeness (QED) is 0.495. The lowest BCUT2D eigenvalue weighted by atomic mass is 10.6. The number of carbonyl (C=O) groups excluding carboxylic acids is 1. The third-order valence-electron chi connectivity index (χ3n) is 1.03. The summed E-state index contributed by atoms with van der Waals surface area (Å²) >= 11 is 0. The molecule has 0 aromatic heterocycles. The molecule has 0 aliphatic heterocycles. The van der Waals surface area contributed by atoms with E-state index >= 15 is 0 Å². The zero-order chi connectivity index (χ0) is 10.3. The van der Waals surface area contributed by atoms with Crippen LogP contribution in [0.3, 0.4) is 0 Å². The number of carboxylic acids is 1. The van der Waals surface area contributed by atoms with Crippen molar-refractivity contribution in [2.24, 2.45) is 0 Å². The average Bonchev–Trinajstić information content (AvgIpc) is 2.09. The number of carboxylic acid groups (broad SMARTS) is 1. The van der Waals surface area contributed by atoms with Crippen molar-refractivity contribution in [3.63, 3.8) is 0 Å². The summed E-state index contributed by atoms with van der Waals surface area (Å²) in [6, 6.07) is 0. The highest BCUT2D eigenvalue weighted by molar-refractivity contribution is 5.75. The van der Waals surface area contributed by atoms with Crippen LogP contribution in [-0.4, -0.2) is 42.5 Å². The van der Waals surface area contributed by atoms with E-state index in [4.69, 9.17) is 5.11 Å². The number of hydrogen-bond acceptors (Lipinski definition) is 4. The number of rotatable bonds is 5. The van der Waals surface area contributed by atoms with Crippen LogP contribution in [0, 0.1) is 0 Å². The first-order valence-electron chi connectivity index (χ1n) is 3.43. The Hall–Kier alpha value is -1.56. The molecule has 0 aromatic rings. The molecule has 0 spiro atoms. The van der Waals surface area contributed by atoms with Gasteiger partial charge in [-0.1, -0.05) is 12.7 Å². The largest absolute Gasteiger partial charge is 0.480 e. The van der Waals surface area contributed by atoms with Crippen molar-refractivity contribution in [3.8, 4) is 0 Å². The Labute approximate surface area is 75.3 Å². The van der Waals surface area contributed by atoms with E-state index in [9.17, 15) is 9.59 Å². The molecule has 0 unspecified atom stereocenters. The molecule has 1 amide bonds. The second-order valence-corrected chi connectivity index (χ2v) is 1.98. The molecule has 1 N–H and O–H groups in total. The Balaban J connectivity index is 3.98. The summed E-state index contributed by atoms with van der Waals surface area (Å²) in [4.78, 5) is 25.6. The van der Waals surface area contributed by atoms with E-state index in [0.717, 1.165) is 0 Å². The lowest BCUT2D eigenvalue weighted by Crippen LogP contribution is -2.35. The van der Waals surface area contributed by atoms with E-state index in [-0.39, 0.29) is 6.61 Å². The van der Waals surface area contributed by atoms with Crippen LogP contribution >= 0.6 is 0 Å². The van der Waals surface area contributed by atoms with Crippen molar-refractivity contribution < 1.29 is 24.3 Å². The number of hydrogen-bond donors (Lipinski definition) is 1. The van der Waals surface area contributed by atoms with Gasteiger partial charge in [-0.15, -0.1) is 0 Å². The van der Waals surface area contributed by atoms with Crippen LogP contribution in [0.2, 0.25) is 0 Å². The van der Waals surface area contributed by atoms with E-state index < -0.39 is 18.6 Å². The summed E-state index contributed by atoms with van der Waals surface area (Å²) in [6.45, 7) is 2.78. The van der Waals surface area contributed by atoms with Crippen molar-refractivity contribution in [1.29, 1.82) is 0 Å². The predicted molar refractivity (Wildman–Crippen MR) is 42.9 cm³/mol. The first-order valence-corrected chi connectivity index (χ1v) is 3.43. The lowest BCUT2D eigenvalue weighted by Gasteiger charge is -2.15. The van der Waals surface area contributed by atoms with Crippen LogP contribution < -0.4 is 0 Å². The third kappa shape index (κ3) is 4.81. The highest BCUT2D eigenvalue weighted by Crippen LogP contribution is 1.93. The van der Waals surface area contributed by atoms with Crippen molar-refractivity contribution in [3.05, 3.63) is 12.7 Å². The zero-order valence-electron chi connectivity index (χ0n) is 7.23. The predicted octanol–water partition coefficient (Wildman–Crippen LogP) is 0.257. The van der Waals surface area contributed by atoms with Gasteiger partial charge in [0.1, 0.15) is 13.2 Å². The van der Waals surface area contributed by atoms with Crippen LogP contribution in [0.15, 0.2) is 12.7 Å². The van der Waals surface area contributed by atoms with Crippen molar-refractivity contribution >= 4 is 12.1 Å². The normalized spacial score (nSPS) is 9.00. The highest BCUT2D eigenvalue weighted by atomic mass is 16.7. The maximum atomic E-state index is 10.9. The molecule has 0 aromatic carbocycles. The van der Waals surface area contributed by atoms with Gasteiger partial charge in [-0.2, -0.15) is 5.06 Å². The first kappa shape index (κ1) is 11.4. The van der Waals surface area contributed by atoms with Crippen molar-refractivity contribution in [2.75, 3.05) is 20.3 Å². The molecule has 6 heteroatoms. The maximum absolute atomic E-state index is 10.9. The van der Waals surface area contributed by atoms with Crippen LogP contribution in [-0.2, 0) is 14.4 Å². The minimum Gasteiger partial charge on any atom is -0.480 e. The minimum absolute atomic E-state index is 0.0122. The van der Waals surface area contributed by atoms with Gasteiger partial charge >= 0.3 is 12.1 Å².